The zero-order chi connectivity index (χ0) is 17.5. The first-order valence-corrected chi connectivity index (χ1v) is 7.42. The van der Waals surface area contributed by atoms with Crippen LogP contribution in [0.25, 0.3) is 0 Å². The van der Waals surface area contributed by atoms with Gasteiger partial charge in [0.25, 0.3) is 0 Å². The first-order chi connectivity index (χ1) is 11.5. The summed E-state index contributed by atoms with van der Waals surface area (Å²) in [6.07, 6.45) is 0. The van der Waals surface area contributed by atoms with Gasteiger partial charge in [-0.15, -0.1) is 0 Å². The lowest BCUT2D eigenvalue weighted by atomic mass is 10.1. The maximum atomic E-state index is 12.0. The third-order valence-corrected chi connectivity index (χ3v) is 3.40. The Hall–Kier alpha value is -2.82. The van der Waals surface area contributed by atoms with Crippen molar-refractivity contribution < 1.29 is 23.8 Å². The molecule has 0 unspecified atom stereocenters. The summed E-state index contributed by atoms with van der Waals surface area (Å²) in [5.74, 6) is -0.331. The average molecular weight is 327 g/mol. The Balaban J connectivity index is 1.79. The van der Waals surface area contributed by atoms with Crippen LogP contribution < -0.4 is 4.74 Å². The van der Waals surface area contributed by atoms with Crippen molar-refractivity contribution in [3.63, 3.8) is 0 Å². The molecule has 1 radical (unpaired) electrons. The Kier molecular flexibility index (Phi) is 5.95. The van der Waals surface area contributed by atoms with E-state index in [9.17, 15) is 9.59 Å². The molecule has 125 valence electrons. The first-order valence-electron chi connectivity index (χ1n) is 7.42. The van der Waals surface area contributed by atoms with Crippen LogP contribution in [0.5, 0.6) is 5.75 Å². The second-order valence-electron chi connectivity index (χ2n) is 5.22. The van der Waals surface area contributed by atoms with Crippen LogP contribution in [0.4, 0.5) is 0 Å². The summed E-state index contributed by atoms with van der Waals surface area (Å²) < 4.78 is 15.1. The van der Waals surface area contributed by atoms with Crippen molar-refractivity contribution in [2.75, 3.05) is 13.7 Å². The Morgan fingerprint density at radius 1 is 1.00 bits per heavy atom. The number of rotatable bonds is 6. The molecular weight excluding hydrogens is 308 g/mol. The fraction of sp³-hybridized carbons (Fsp3) is 0.211. The van der Waals surface area contributed by atoms with Crippen LogP contribution in [0.3, 0.4) is 0 Å². The molecule has 0 saturated heterocycles. The van der Waals surface area contributed by atoms with Crippen molar-refractivity contribution in [3.05, 3.63) is 71.3 Å². The SMILES string of the molecule is COc1ccc(C(=O)O[CH]COC(=O)c2ccc(C)cc2C)cc1. The van der Waals surface area contributed by atoms with Crippen LogP contribution >= 0.6 is 0 Å². The summed E-state index contributed by atoms with van der Waals surface area (Å²) in [6, 6.07) is 12.0. The molecule has 0 aliphatic rings. The molecule has 0 atom stereocenters. The van der Waals surface area contributed by atoms with Gasteiger partial charge in [0.05, 0.1) is 18.2 Å². The van der Waals surface area contributed by atoms with Crippen molar-refractivity contribution >= 4 is 11.9 Å². The largest absolute Gasteiger partial charge is 0.497 e. The minimum Gasteiger partial charge on any atom is -0.497 e. The summed E-state index contributed by atoms with van der Waals surface area (Å²) in [5.41, 5.74) is 2.79. The monoisotopic (exact) mass is 327 g/mol. The van der Waals surface area contributed by atoms with Gasteiger partial charge in [-0.25, -0.2) is 9.59 Å². The van der Waals surface area contributed by atoms with Gasteiger partial charge in [-0.1, -0.05) is 17.7 Å². The highest BCUT2D eigenvalue weighted by atomic mass is 16.6. The van der Waals surface area contributed by atoms with Crippen LogP contribution in [-0.2, 0) is 9.47 Å². The molecule has 0 bridgehead atoms. The van der Waals surface area contributed by atoms with Gasteiger partial charge in [0, 0.05) is 0 Å². The standard InChI is InChI=1S/C19H19O5/c1-13-4-9-17(14(2)12-13)19(21)24-11-10-23-18(20)15-5-7-16(22-3)8-6-15/h4-10,12H,11H2,1-3H3. The number of esters is 2. The van der Waals surface area contributed by atoms with E-state index < -0.39 is 11.9 Å². The molecule has 0 heterocycles. The Morgan fingerprint density at radius 2 is 1.71 bits per heavy atom. The minimum atomic E-state index is -0.528. The molecule has 0 N–H and O–H groups in total. The highest BCUT2D eigenvalue weighted by Gasteiger charge is 2.12. The molecule has 24 heavy (non-hydrogen) atoms. The van der Waals surface area contributed by atoms with E-state index >= 15 is 0 Å². The molecular formula is C19H19O5. The van der Waals surface area contributed by atoms with E-state index in [1.165, 1.54) is 0 Å². The third-order valence-electron chi connectivity index (χ3n) is 3.40. The van der Waals surface area contributed by atoms with Gasteiger partial charge in [0.2, 0.25) is 0 Å². The lowest BCUT2D eigenvalue weighted by Gasteiger charge is -2.08. The third kappa shape index (κ3) is 4.59. The second-order valence-corrected chi connectivity index (χ2v) is 5.22. The molecule has 0 aliphatic carbocycles. The average Bonchev–Trinajstić information content (AvgIpc) is 2.58. The second kappa shape index (κ2) is 8.15. The molecule has 0 amide bonds. The van der Waals surface area contributed by atoms with Crippen molar-refractivity contribution in [2.24, 2.45) is 0 Å². The smallest absolute Gasteiger partial charge is 0.338 e. The summed E-state index contributed by atoms with van der Waals surface area (Å²) in [7, 11) is 1.55. The van der Waals surface area contributed by atoms with Crippen molar-refractivity contribution in [3.8, 4) is 5.75 Å². The molecule has 0 saturated carbocycles. The molecule has 0 fully saturated rings. The Morgan fingerprint density at radius 3 is 2.33 bits per heavy atom. The number of ether oxygens (including phenoxy) is 3. The first kappa shape index (κ1) is 17.5. The van der Waals surface area contributed by atoms with E-state index in [0.29, 0.717) is 16.9 Å². The zero-order valence-electron chi connectivity index (χ0n) is 13.9. The fourth-order valence-corrected chi connectivity index (χ4v) is 2.13. The molecule has 2 aromatic carbocycles. The lowest BCUT2D eigenvalue weighted by Crippen LogP contribution is -2.11. The van der Waals surface area contributed by atoms with Crippen LogP contribution in [0.1, 0.15) is 31.8 Å². The predicted molar refractivity (Wildman–Crippen MR) is 88.9 cm³/mol. The topological polar surface area (TPSA) is 61.8 Å². The van der Waals surface area contributed by atoms with Crippen molar-refractivity contribution in [1.82, 2.24) is 0 Å². The van der Waals surface area contributed by atoms with E-state index in [2.05, 4.69) is 0 Å². The van der Waals surface area contributed by atoms with Gasteiger partial charge in [0.15, 0.2) is 6.61 Å². The molecule has 0 spiro atoms. The quantitative estimate of drug-likeness (QED) is 0.600. The number of methoxy groups -OCH3 is 1. The van der Waals surface area contributed by atoms with Crippen LogP contribution in [0.15, 0.2) is 42.5 Å². The highest BCUT2D eigenvalue weighted by Crippen LogP contribution is 2.13. The normalized spacial score (nSPS) is 10.1. The van der Waals surface area contributed by atoms with E-state index in [1.807, 2.05) is 26.0 Å². The van der Waals surface area contributed by atoms with Gasteiger partial charge in [-0.2, -0.15) is 0 Å². The van der Waals surface area contributed by atoms with E-state index in [0.717, 1.165) is 17.7 Å². The Labute approximate surface area is 141 Å². The number of hydrogen-bond donors (Lipinski definition) is 0. The number of benzene rings is 2. The lowest BCUT2D eigenvalue weighted by molar-refractivity contribution is 0.0390. The van der Waals surface area contributed by atoms with Gasteiger partial charge in [-0.3, -0.25) is 0 Å². The summed E-state index contributed by atoms with van der Waals surface area (Å²) in [5, 5.41) is 0. The molecule has 0 aliphatic heterocycles. The van der Waals surface area contributed by atoms with Crippen molar-refractivity contribution in [2.45, 2.75) is 13.8 Å². The van der Waals surface area contributed by atoms with Crippen molar-refractivity contribution in [1.29, 1.82) is 0 Å². The number of hydrogen-bond acceptors (Lipinski definition) is 5. The zero-order valence-corrected chi connectivity index (χ0v) is 13.9. The maximum Gasteiger partial charge on any atom is 0.338 e. The molecule has 5 heteroatoms. The van der Waals surface area contributed by atoms with Crippen LogP contribution in [0, 0.1) is 20.5 Å². The van der Waals surface area contributed by atoms with E-state index in [1.54, 1.807) is 37.4 Å². The van der Waals surface area contributed by atoms with Gasteiger partial charge >= 0.3 is 11.9 Å². The number of carbonyl (C=O) groups excluding carboxylic acids is 2. The predicted octanol–water partition coefficient (Wildman–Crippen LogP) is 3.49. The molecule has 5 nitrogen and oxygen atoms in total. The molecule has 2 rings (SSSR count). The van der Waals surface area contributed by atoms with Gasteiger partial charge < -0.3 is 14.2 Å². The highest BCUT2D eigenvalue weighted by molar-refractivity contribution is 5.91. The fourth-order valence-electron chi connectivity index (χ4n) is 2.13. The number of aryl methyl sites for hydroxylation is 2. The van der Waals surface area contributed by atoms with Gasteiger partial charge in [-0.05, 0) is 49.7 Å². The van der Waals surface area contributed by atoms with E-state index in [4.69, 9.17) is 14.2 Å². The van der Waals surface area contributed by atoms with E-state index in [-0.39, 0.29) is 6.61 Å². The summed E-state index contributed by atoms with van der Waals surface area (Å²) in [4.78, 5) is 23.8. The molecule has 2 aromatic rings. The molecule has 0 aromatic heterocycles. The summed E-state index contributed by atoms with van der Waals surface area (Å²) >= 11 is 0. The Bertz CT molecular complexity index is 719. The number of carbonyl (C=O) groups is 2. The van der Waals surface area contributed by atoms with Crippen LogP contribution in [-0.4, -0.2) is 25.7 Å². The maximum absolute atomic E-state index is 12.0. The summed E-state index contributed by atoms with van der Waals surface area (Å²) in [6.45, 7) is 4.84. The van der Waals surface area contributed by atoms with Crippen LogP contribution in [0.2, 0.25) is 0 Å². The minimum absolute atomic E-state index is 0.117. The van der Waals surface area contributed by atoms with Gasteiger partial charge in [0.1, 0.15) is 12.4 Å².